The molecule has 0 aromatic rings. The van der Waals surface area contributed by atoms with E-state index in [4.69, 9.17) is 4.55 Å². The number of carbonyl (C=O) groups excluding carboxylic acids is 3. The van der Waals surface area contributed by atoms with Gasteiger partial charge in [0.05, 0.1) is 12.6 Å². The maximum absolute atomic E-state index is 12.1. The number of nitrogens with zero attached hydrogens (tertiary/aromatic N) is 2. The summed E-state index contributed by atoms with van der Waals surface area (Å²) in [6, 6.07) is -2.36. The maximum atomic E-state index is 12.1. The van der Waals surface area contributed by atoms with Crippen molar-refractivity contribution in [2.24, 2.45) is 0 Å². The van der Waals surface area contributed by atoms with Crippen molar-refractivity contribution >= 4 is 28.4 Å². The molecule has 2 saturated heterocycles. The van der Waals surface area contributed by atoms with Gasteiger partial charge in [-0.25, -0.2) is 15.0 Å². The van der Waals surface area contributed by atoms with Crippen LogP contribution < -0.4 is 40.4 Å². The fourth-order valence-corrected chi connectivity index (χ4v) is 2.86. The fraction of sp³-hybridized carbons (Fsp3) is 0.700. The van der Waals surface area contributed by atoms with Crippen molar-refractivity contribution in [3.63, 3.8) is 0 Å². The third-order valence-corrected chi connectivity index (χ3v) is 3.71. The van der Waals surface area contributed by atoms with Crippen LogP contribution in [0, 0.1) is 0 Å². The van der Waals surface area contributed by atoms with Crippen molar-refractivity contribution in [1.29, 1.82) is 0 Å². The molecule has 2 rings (SSSR count). The number of hydrazine groups is 1. The van der Waals surface area contributed by atoms with Crippen molar-refractivity contribution in [3.05, 3.63) is 0 Å². The minimum absolute atomic E-state index is 0. The van der Waals surface area contributed by atoms with E-state index in [-0.39, 0.29) is 57.0 Å². The van der Waals surface area contributed by atoms with Gasteiger partial charge >= 0.3 is 52.1 Å². The number of urea groups is 1. The molecule has 2 atom stereocenters. The Balaban J connectivity index is 0.00000288. The number of fused-ring (bicyclic) bond motifs is 2. The van der Waals surface area contributed by atoms with E-state index in [1.807, 2.05) is 5.43 Å². The molecule has 14 heteroatoms. The van der Waals surface area contributed by atoms with Gasteiger partial charge in [-0.2, -0.15) is 13.5 Å². The number of hydroxylamine groups is 2. The van der Waals surface area contributed by atoms with Crippen LogP contribution in [0.2, 0.25) is 0 Å². The van der Waals surface area contributed by atoms with E-state index in [9.17, 15) is 22.8 Å². The zero-order chi connectivity index (χ0) is 17.2. The molecule has 0 saturated carbocycles. The quantitative estimate of drug-likeness (QED) is 0.254. The van der Waals surface area contributed by atoms with E-state index in [0.29, 0.717) is 5.06 Å². The Morgan fingerprint density at radius 1 is 1.38 bits per heavy atom. The molecular formula is C10H17N4NaO8S. The minimum Gasteiger partial charge on any atom is -1.00 e. The molecule has 24 heavy (non-hydrogen) atoms. The summed E-state index contributed by atoms with van der Waals surface area (Å²) in [5, 5.41) is 0.529. The molecule has 2 heterocycles. The van der Waals surface area contributed by atoms with Crippen LogP contribution in [0.4, 0.5) is 9.59 Å². The molecule has 3 N–H and O–H groups in total. The van der Waals surface area contributed by atoms with Crippen LogP contribution in [0.3, 0.4) is 0 Å². The first-order chi connectivity index (χ1) is 10.7. The second-order valence-electron chi connectivity index (χ2n) is 4.84. The van der Waals surface area contributed by atoms with Crippen LogP contribution in [0.15, 0.2) is 0 Å². The van der Waals surface area contributed by atoms with Crippen LogP contribution in [0.1, 0.15) is 21.2 Å². The van der Waals surface area contributed by atoms with E-state index in [0.717, 1.165) is 4.90 Å². The Morgan fingerprint density at radius 2 is 2.04 bits per heavy atom. The predicted molar refractivity (Wildman–Crippen MR) is 72.8 cm³/mol. The summed E-state index contributed by atoms with van der Waals surface area (Å²) in [6.45, 7) is 1.78. The summed E-state index contributed by atoms with van der Waals surface area (Å²) >= 11 is 0. The van der Waals surface area contributed by atoms with Gasteiger partial charge in [-0.3, -0.25) is 14.8 Å². The van der Waals surface area contributed by atoms with Gasteiger partial charge in [-0.05, 0) is 19.8 Å². The number of hydrogen-bond donors (Lipinski definition) is 3. The van der Waals surface area contributed by atoms with Gasteiger partial charge in [0.25, 0.3) is 5.91 Å². The average molecular weight is 376 g/mol. The minimum atomic E-state index is -4.84. The predicted octanol–water partition coefficient (Wildman–Crippen LogP) is -4.12. The molecule has 12 nitrogen and oxygen atoms in total. The van der Waals surface area contributed by atoms with Crippen molar-refractivity contribution in [2.45, 2.75) is 31.8 Å². The van der Waals surface area contributed by atoms with E-state index >= 15 is 0 Å². The van der Waals surface area contributed by atoms with E-state index in [2.05, 4.69) is 14.4 Å². The molecule has 4 amide bonds. The first kappa shape index (κ1) is 20.9. The Morgan fingerprint density at radius 3 is 2.62 bits per heavy atom. The summed E-state index contributed by atoms with van der Waals surface area (Å²) in [7, 11) is -4.84. The van der Waals surface area contributed by atoms with Crippen LogP contribution in [-0.2, 0) is 24.2 Å². The SMILES string of the molecule is CCOC(=O)NNC(=O)[C@@H]1CC[C@@H]2CN1C(=O)N2OS(=O)(=O)O.[H-].[Na+]. The number of amides is 4. The summed E-state index contributed by atoms with van der Waals surface area (Å²) in [5.41, 5.74) is 4.14. The topological polar surface area (TPSA) is 155 Å². The van der Waals surface area contributed by atoms with Crippen LogP contribution in [0.5, 0.6) is 0 Å². The summed E-state index contributed by atoms with van der Waals surface area (Å²) in [5.74, 6) is -0.654. The van der Waals surface area contributed by atoms with Gasteiger partial charge < -0.3 is 11.1 Å². The molecule has 2 bridgehead atoms. The molecule has 0 aromatic carbocycles. The van der Waals surface area contributed by atoms with Gasteiger partial charge in [-0.15, -0.1) is 4.28 Å². The van der Waals surface area contributed by atoms with Gasteiger partial charge in [-0.1, -0.05) is 0 Å². The first-order valence-corrected chi connectivity index (χ1v) is 8.09. The Hall–Kier alpha value is -1.12. The number of hydrogen-bond acceptors (Lipinski definition) is 7. The van der Waals surface area contributed by atoms with E-state index in [1.165, 1.54) is 0 Å². The second-order valence-corrected chi connectivity index (χ2v) is 5.85. The Bertz CT molecular complexity index is 620. The number of carbonyl (C=O) groups is 3. The largest absolute Gasteiger partial charge is 1.00 e. The van der Waals surface area contributed by atoms with Crippen molar-refractivity contribution in [1.82, 2.24) is 20.8 Å². The molecule has 0 aliphatic carbocycles. The molecule has 0 unspecified atom stereocenters. The second kappa shape index (κ2) is 8.31. The monoisotopic (exact) mass is 376 g/mol. The molecule has 0 radical (unpaired) electrons. The number of rotatable bonds is 4. The number of nitrogens with one attached hydrogen (secondary N) is 2. The van der Waals surface area contributed by atoms with Crippen LogP contribution in [-0.4, -0.2) is 66.2 Å². The third kappa shape index (κ3) is 4.94. The maximum Gasteiger partial charge on any atom is 1.00 e. The standard InChI is InChI=1S/C10H16N4O8S.Na.H/c1-2-21-9(16)12-11-8(15)7-4-3-6-5-13(7)10(17)14(6)22-23(18,19)20;;/h6-7H,2-5H2,1H3,(H,11,15)(H,12,16)(H,18,19,20);;/q;+1;-1/t6-,7+;;/m1../s1. The average Bonchev–Trinajstić information content (AvgIpc) is 2.69. The zero-order valence-electron chi connectivity index (χ0n) is 14.1. The first-order valence-electron chi connectivity index (χ1n) is 6.72. The van der Waals surface area contributed by atoms with Gasteiger partial charge in [0, 0.05) is 6.54 Å². The van der Waals surface area contributed by atoms with Crippen molar-refractivity contribution in [3.8, 4) is 0 Å². The van der Waals surface area contributed by atoms with Crippen LogP contribution >= 0.6 is 0 Å². The molecular weight excluding hydrogens is 359 g/mol. The number of ether oxygens (including phenoxy) is 1. The van der Waals surface area contributed by atoms with Crippen molar-refractivity contribution in [2.75, 3.05) is 13.2 Å². The normalized spacial score (nSPS) is 22.7. The molecule has 2 fully saturated rings. The molecule has 0 aromatic heterocycles. The Labute approximate surface area is 161 Å². The molecule has 0 spiro atoms. The summed E-state index contributed by atoms with van der Waals surface area (Å²) in [6.07, 6.45) is -0.327. The van der Waals surface area contributed by atoms with Gasteiger partial charge in [0.2, 0.25) is 0 Å². The molecule has 2 aliphatic heterocycles. The van der Waals surface area contributed by atoms with E-state index in [1.54, 1.807) is 6.92 Å². The van der Waals surface area contributed by atoms with E-state index < -0.39 is 40.5 Å². The van der Waals surface area contributed by atoms with Crippen molar-refractivity contribution < 1.29 is 67.4 Å². The van der Waals surface area contributed by atoms with Crippen LogP contribution in [0.25, 0.3) is 0 Å². The van der Waals surface area contributed by atoms with Gasteiger partial charge in [0.15, 0.2) is 0 Å². The zero-order valence-corrected chi connectivity index (χ0v) is 15.9. The molecule has 2 aliphatic rings. The Kier molecular flexibility index (Phi) is 7.25. The summed E-state index contributed by atoms with van der Waals surface area (Å²) < 4.78 is 39.0. The molecule has 132 valence electrons. The summed E-state index contributed by atoms with van der Waals surface area (Å²) in [4.78, 5) is 36.3. The fourth-order valence-electron chi connectivity index (χ4n) is 2.47. The number of piperidine rings is 1. The van der Waals surface area contributed by atoms with Gasteiger partial charge in [0.1, 0.15) is 6.04 Å². The third-order valence-electron chi connectivity index (χ3n) is 3.36. The smallest absolute Gasteiger partial charge is 1.00 e.